The van der Waals surface area contributed by atoms with Gasteiger partial charge in [0.1, 0.15) is 0 Å². The minimum Gasteiger partial charge on any atom is -0.278 e. The van der Waals surface area contributed by atoms with Crippen molar-refractivity contribution in [3.8, 4) is 0 Å². The minimum atomic E-state index is -3.85. The molecule has 0 atom stereocenters. The normalized spacial score (nSPS) is 11.1. The molecule has 2 aromatic rings. The number of nitrogens with one attached hydrogen (secondary N) is 1. The second kappa shape index (κ2) is 6.16. The van der Waals surface area contributed by atoms with Crippen LogP contribution >= 0.6 is 34.2 Å². The Hall–Kier alpha value is -1.39. The van der Waals surface area contributed by atoms with E-state index >= 15 is 0 Å². The van der Waals surface area contributed by atoms with Gasteiger partial charge in [-0.3, -0.25) is 14.8 Å². The van der Waals surface area contributed by atoms with Crippen LogP contribution in [0.25, 0.3) is 0 Å². The Morgan fingerprint density at radius 3 is 2.29 bits per heavy atom. The van der Waals surface area contributed by atoms with Crippen molar-refractivity contribution in [2.75, 3.05) is 4.72 Å². The van der Waals surface area contributed by atoms with Crippen molar-refractivity contribution >= 4 is 55.6 Å². The van der Waals surface area contributed by atoms with E-state index < -0.39 is 14.9 Å². The summed E-state index contributed by atoms with van der Waals surface area (Å²) >= 11 is 8.02. The summed E-state index contributed by atoms with van der Waals surface area (Å²) in [5, 5.41) is 10.8. The molecule has 0 amide bonds. The van der Waals surface area contributed by atoms with Crippen molar-refractivity contribution in [1.29, 1.82) is 0 Å². The summed E-state index contributed by atoms with van der Waals surface area (Å²) in [6.45, 7) is 0. The van der Waals surface area contributed by atoms with E-state index in [0.29, 0.717) is 0 Å². The number of nitro benzene ring substituents is 1. The first-order chi connectivity index (χ1) is 9.79. The van der Waals surface area contributed by atoms with Crippen molar-refractivity contribution < 1.29 is 13.3 Å². The molecule has 9 heteroatoms. The second-order valence-corrected chi connectivity index (χ2v) is 7.32. The molecule has 2 aromatic carbocycles. The Bertz CT molecular complexity index is 793. The lowest BCUT2D eigenvalue weighted by Gasteiger charge is -2.09. The quantitative estimate of drug-likeness (QED) is 0.448. The fraction of sp³-hybridized carbons (Fsp3) is 0. The standard InChI is InChI=1S/C12H8ClIN2O4S/c13-11-7-8(14)1-6-12(11)15-21(19,20)10-4-2-9(3-5-10)16(17)18/h1-7,15H. The number of nitro groups is 1. The van der Waals surface area contributed by atoms with Gasteiger partial charge in [-0.25, -0.2) is 8.42 Å². The lowest BCUT2D eigenvalue weighted by Crippen LogP contribution is -2.13. The first-order valence-electron chi connectivity index (χ1n) is 5.52. The van der Waals surface area contributed by atoms with E-state index in [9.17, 15) is 18.5 Å². The number of nitrogens with zero attached hydrogens (tertiary/aromatic N) is 1. The van der Waals surface area contributed by atoms with E-state index in [4.69, 9.17) is 11.6 Å². The molecule has 0 fully saturated rings. The molecular weight excluding hydrogens is 431 g/mol. The third-order valence-electron chi connectivity index (χ3n) is 2.53. The Labute approximate surface area is 139 Å². The van der Waals surface area contributed by atoms with Gasteiger partial charge in [-0.1, -0.05) is 11.6 Å². The van der Waals surface area contributed by atoms with Crippen LogP contribution in [0.2, 0.25) is 5.02 Å². The van der Waals surface area contributed by atoms with Crippen LogP contribution in [0.5, 0.6) is 0 Å². The van der Waals surface area contributed by atoms with Crippen molar-refractivity contribution in [3.63, 3.8) is 0 Å². The highest BCUT2D eigenvalue weighted by Gasteiger charge is 2.17. The highest BCUT2D eigenvalue weighted by molar-refractivity contribution is 14.1. The van der Waals surface area contributed by atoms with Gasteiger partial charge in [0.2, 0.25) is 0 Å². The summed E-state index contributed by atoms with van der Waals surface area (Å²) in [4.78, 5) is 9.87. The number of hydrogen-bond acceptors (Lipinski definition) is 4. The number of anilines is 1. The molecule has 2 rings (SSSR count). The molecule has 110 valence electrons. The fourth-order valence-corrected chi connectivity index (χ4v) is 3.56. The number of hydrogen-bond donors (Lipinski definition) is 1. The van der Waals surface area contributed by atoms with Crippen molar-refractivity contribution in [1.82, 2.24) is 0 Å². The fourth-order valence-electron chi connectivity index (χ4n) is 1.52. The number of rotatable bonds is 4. The van der Waals surface area contributed by atoms with E-state index in [1.807, 2.05) is 0 Å². The van der Waals surface area contributed by atoms with Crippen LogP contribution < -0.4 is 4.72 Å². The van der Waals surface area contributed by atoms with Gasteiger partial charge in [0.25, 0.3) is 15.7 Å². The minimum absolute atomic E-state index is 0.0808. The third kappa shape index (κ3) is 3.83. The molecule has 0 aliphatic rings. The second-order valence-electron chi connectivity index (χ2n) is 3.98. The Morgan fingerprint density at radius 2 is 1.76 bits per heavy atom. The number of benzene rings is 2. The largest absolute Gasteiger partial charge is 0.278 e. The van der Waals surface area contributed by atoms with Crippen LogP contribution in [0.3, 0.4) is 0 Å². The van der Waals surface area contributed by atoms with E-state index in [0.717, 1.165) is 15.7 Å². The molecule has 0 unspecified atom stereocenters. The molecule has 0 saturated carbocycles. The zero-order chi connectivity index (χ0) is 15.6. The Morgan fingerprint density at radius 1 is 1.14 bits per heavy atom. The molecule has 0 saturated heterocycles. The van der Waals surface area contributed by atoms with Crippen LogP contribution in [0.1, 0.15) is 0 Å². The van der Waals surface area contributed by atoms with Gasteiger partial charge in [-0.05, 0) is 52.9 Å². The highest BCUT2D eigenvalue weighted by Crippen LogP contribution is 2.26. The number of sulfonamides is 1. The summed E-state index contributed by atoms with van der Waals surface area (Å²) in [5.74, 6) is 0. The average Bonchev–Trinajstić information content (AvgIpc) is 2.42. The van der Waals surface area contributed by atoms with E-state index in [1.54, 1.807) is 18.2 Å². The highest BCUT2D eigenvalue weighted by atomic mass is 127. The van der Waals surface area contributed by atoms with Crippen LogP contribution in [0, 0.1) is 13.7 Å². The molecule has 0 aliphatic carbocycles. The van der Waals surface area contributed by atoms with Crippen LogP contribution in [0.15, 0.2) is 47.4 Å². The molecule has 6 nitrogen and oxygen atoms in total. The maximum Gasteiger partial charge on any atom is 0.269 e. The third-order valence-corrected chi connectivity index (χ3v) is 4.90. The average molecular weight is 439 g/mol. The molecular formula is C12H8ClIN2O4S. The van der Waals surface area contributed by atoms with E-state index in [2.05, 4.69) is 27.3 Å². The number of non-ortho nitro benzene ring substituents is 1. The Kier molecular flexibility index (Phi) is 4.69. The molecule has 0 bridgehead atoms. The summed E-state index contributed by atoms with van der Waals surface area (Å²) in [5.41, 5.74) is 0.0664. The zero-order valence-electron chi connectivity index (χ0n) is 10.3. The smallest absolute Gasteiger partial charge is 0.269 e. The SMILES string of the molecule is O=[N+]([O-])c1ccc(S(=O)(=O)Nc2ccc(I)cc2Cl)cc1. The summed E-state index contributed by atoms with van der Waals surface area (Å²) in [6, 6.07) is 9.47. The predicted octanol–water partition coefficient (Wildman–Crippen LogP) is 3.65. The topological polar surface area (TPSA) is 89.3 Å². The molecule has 1 N–H and O–H groups in total. The van der Waals surface area contributed by atoms with Gasteiger partial charge < -0.3 is 0 Å². The van der Waals surface area contributed by atoms with Gasteiger partial charge in [0, 0.05) is 15.7 Å². The molecule has 0 radical (unpaired) electrons. The Balaban J connectivity index is 2.31. The molecule has 0 aliphatic heterocycles. The summed E-state index contributed by atoms with van der Waals surface area (Å²) in [7, 11) is -3.85. The summed E-state index contributed by atoms with van der Waals surface area (Å²) in [6.07, 6.45) is 0. The maximum absolute atomic E-state index is 12.2. The van der Waals surface area contributed by atoms with Crippen molar-refractivity contribution in [3.05, 3.63) is 61.2 Å². The lowest BCUT2D eigenvalue weighted by molar-refractivity contribution is -0.384. The van der Waals surface area contributed by atoms with Gasteiger partial charge in [-0.15, -0.1) is 0 Å². The number of halogens is 2. The first-order valence-corrected chi connectivity index (χ1v) is 8.46. The monoisotopic (exact) mass is 438 g/mol. The predicted molar refractivity (Wildman–Crippen MR) is 88.1 cm³/mol. The van der Waals surface area contributed by atoms with E-state index in [-0.39, 0.29) is 21.3 Å². The van der Waals surface area contributed by atoms with Gasteiger partial charge in [0.15, 0.2) is 0 Å². The summed E-state index contributed by atoms with van der Waals surface area (Å²) < 4.78 is 27.6. The van der Waals surface area contributed by atoms with Crippen LogP contribution in [-0.2, 0) is 10.0 Å². The van der Waals surface area contributed by atoms with Crippen LogP contribution in [0.4, 0.5) is 11.4 Å². The maximum atomic E-state index is 12.2. The van der Waals surface area contributed by atoms with E-state index in [1.165, 1.54) is 12.1 Å². The van der Waals surface area contributed by atoms with Gasteiger partial charge >= 0.3 is 0 Å². The first kappa shape index (κ1) is 16.0. The van der Waals surface area contributed by atoms with Gasteiger partial charge in [-0.2, -0.15) is 0 Å². The molecule has 21 heavy (non-hydrogen) atoms. The molecule has 0 heterocycles. The zero-order valence-corrected chi connectivity index (χ0v) is 14.0. The van der Waals surface area contributed by atoms with Gasteiger partial charge in [0.05, 0.1) is 20.5 Å². The molecule has 0 aromatic heterocycles. The van der Waals surface area contributed by atoms with Crippen molar-refractivity contribution in [2.24, 2.45) is 0 Å². The molecule has 0 spiro atoms. The lowest BCUT2D eigenvalue weighted by atomic mass is 10.3. The van der Waals surface area contributed by atoms with Crippen LogP contribution in [-0.4, -0.2) is 13.3 Å². The van der Waals surface area contributed by atoms with Crippen molar-refractivity contribution in [2.45, 2.75) is 4.90 Å².